The highest BCUT2D eigenvalue weighted by molar-refractivity contribution is 7.98. The summed E-state index contributed by atoms with van der Waals surface area (Å²) in [7, 11) is 1.83. The van der Waals surface area contributed by atoms with E-state index in [-0.39, 0.29) is 5.82 Å². The summed E-state index contributed by atoms with van der Waals surface area (Å²) in [5.41, 5.74) is 0.923. The summed E-state index contributed by atoms with van der Waals surface area (Å²) in [5, 5.41) is 2.97. The quantitative estimate of drug-likeness (QED) is 0.756. The molecule has 0 aliphatic carbocycles. The number of hydrogen-bond acceptors (Lipinski definition) is 3. The maximum Gasteiger partial charge on any atom is 0.165 e. The fourth-order valence-corrected chi connectivity index (χ4v) is 1.46. The molecule has 84 valence electrons. The van der Waals surface area contributed by atoms with E-state index in [2.05, 4.69) is 5.32 Å². The van der Waals surface area contributed by atoms with Crippen LogP contribution in [0, 0.1) is 5.82 Å². The summed E-state index contributed by atoms with van der Waals surface area (Å²) < 4.78 is 18.7. The van der Waals surface area contributed by atoms with Gasteiger partial charge in [0.2, 0.25) is 0 Å². The average Bonchev–Trinajstić information content (AvgIpc) is 2.22. The number of halogens is 1. The van der Waals surface area contributed by atoms with Crippen molar-refractivity contribution in [2.75, 3.05) is 25.7 Å². The van der Waals surface area contributed by atoms with Gasteiger partial charge in [0, 0.05) is 12.3 Å². The molecule has 4 heteroatoms. The van der Waals surface area contributed by atoms with Crippen LogP contribution in [-0.2, 0) is 6.54 Å². The molecule has 15 heavy (non-hydrogen) atoms. The second-order valence-corrected chi connectivity index (χ2v) is 4.12. The molecule has 0 aliphatic heterocycles. The van der Waals surface area contributed by atoms with Crippen molar-refractivity contribution in [2.24, 2.45) is 0 Å². The van der Waals surface area contributed by atoms with E-state index in [9.17, 15) is 4.39 Å². The molecule has 1 rings (SSSR count). The van der Waals surface area contributed by atoms with Gasteiger partial charge in [0.25, 0.3) is 0 Å². The zero-order chi connectivity index (χ0) is 11.1. The van der Waals surface area contributed by atoms with E-state index in [0.29, 0.717) is 18.9 Å². The maximum atomic E-state index is 13.4. The standard InChI is InChI=1S/C11H16FNOS/c1-13-8-9-3-4-11(10(12)7-9)14-5-6-15-2/h3-4,7,13H,5-6,8H2,1-2H3. The minimum absolute atomic E-state index is 0.288. The zero-order valence-corrected chi connectivity index (χ0v) is 9.86. The molecule has 0 saturated carbocycles. The van der Waals surface area contributed by atoms with Gasteiger partial charge in [-0.15, -0.1) is 0 Å². The Balaban J connectivity index is 2.58. The molecule has 0 aromatic heterocycles. The summed E-state index contributed by atoms with van der Waals surface area (Å²) in [5.74, 6) is 0.922. The van der Waals surface area contributed by atoms with Crippen molar-refractivity contribution < 1.29 is 9.13 Å². The van der Waals surface area contributed by atoms with Crippen molar-refractivity contribution in [3.8, 4) is 5.75 Å². The number of hydrogen-bond donors (Lipinski definition) is 1. The van der Waals surface area contributed by atoms with Crippen LogP contribution in [0.3, 0.4) is 0 Å². The minimum Gasteiger partial charge on any atom is -0.490 e. The van der Waals surface area contributed by atoms with Crippen molar-refractivity contribution in [1.29, 1.82) is 0 Å². The normalized spacial score (nSPS) is 10.3. The number of ether oxygens (including phenoxy) is 1. The van der Waals surface area contributed by atoms with Crippen LogP contribution < -0.4 is 10.1 Å². The Morgan fingerprint density at radius 3 is 2.87 bits per heavy atom. The lowest BCUT2D eigenvalue weighted by Crippen LogP contribution is -2.06. The molecule has 0 radical (unpaired) electrons. The second-order valence-electron chi connectivity index (χ2n) is 3.14. The van der Waals surface area contributed by atoms with Crippen LogP contribution in [0.4, 0.5) is 4.39 Å². The SMILES string of the molecule is CNCc1ccc(OCCSC)c(F)c1. The first kappa shape index (κ1) is 12.3. The predicted octanol–water partition coefficient (Wildman–Crippen LogP) is 2.29. The largest absolute Gasteiger partial charge is 0.490 e. The monoisotopic (exact) mass is 229 g/mol. The smallest absolute Gasteiger partial charge is 0.165 e. The van der Waals surface area contributed by atoms with E-state index in [1.807, 2.05) is 19.4 Å². The van der Waals surface area contributed by atoms with E-state index in [1.54, 1.807) is 17.8 Å². The summed E-state index contributed by atoms with van der Waals surface area (Å²) in [6, 6.07) is 5.06. The van der Waals surface area contributed by atoms with Crippen molar-refractivity contribution >= 4 is 11.8 Å². The molecule has 0 amide bonds. The molecule has 1 N–H and O–H groups in total. The molecule has 0 atom stereocenters. The minimum atomic E-state index is -0.288. The lowest BCUT2D eigenvalue weighted by atomic mass is 10.2. The number of rotatable bonds is 6. The molecule has 0 spiro atoms. The molecule has 0 saturated heterocycles. The molecular weight excluding hydrogens is 213 g/mol. The van der Waals surface area contributed by atoms with Gasteiger partial charge in [0.1, 0.15) is 0 Å². The van der Waals surface area contributed by atoms with Crippen LogP contribution in [0.1, 0.15) is 5.56 Å². The first-order valence-electron chi connectivity index (χ1n) is 4.82. The molecule has 0 fully saturated rings. The highest BCUT2D eigenvalue weighted by Crippen LogP contribution is 2.18. The van der Waals surface area contributed by atoms with Gasteiger partial charge in [-0.2, -0.15) is 11.8 Å². The van der Waals surface area contributed by atoms with E-state index < -0.39 is 0 Å². The lowest BCUT2D eigenvalue weighted by Gasteiger charge is -2.07. The average molecular weight is 229 g/mol. The van der Waals surface area contributed by atoms with E-state index >= 15 is 0 Å². The van der Waals surface area contributed by atoms with Crippen LogP contribution in [-0.4, -0.2) is 25.7 Å². The first-order chi connectivity index (χ1) is 7.27. The number of thioether (sulfide) groups is 1. The van der Waals surface area contributed by atoms with Crippen LogP contribution >= 0.6 is 11.8 Å². The molecule has 0 unspecified atom stereocenters. The highest BCUT2D eigenvalue weighted by Gasteiger charge is 2.03. The van der Waals surface area contributed by atoms with Crippen molar-refractivity contribution in [2.45, 2.75) is 6.54 Å². The maximum absolute atomic E-state index is 13.4. The fourth-order valence-electron chi connectivity index (χ4n) is 1.21. The van der Waals surface area contributed by atoms with Gasteiger partial charge in [-0.05, 0) is 31.0 Å². The van der Waals surface area contributed by atoms with Gasteiger partial charge in [0.15, 0.2) is 11.6 Å². The molecule has 1 aromatic rings. The summed E-state index contributed by atoms with van der Waals surface area (Å²) in [6.45, 7) is 1.21. The topological polar surface area (TPSA) is 21.3 Å². The Bertz CT molecular complexity index is 307. The van der Waals surface area contributed by atoms with E-state index in [4.69, 9.17) is 4.74 Å². The summed E-state index contributed by atoms with van der Waals surface area (Å²) >= 11 is 1.68. The Morgan fingerprint density at radius 2 is 2.27 bits per heavy atom. The van der Waals surface area contributed by atoms with Gasteiger partial charge in [-0.25, -0.2) is 4.39 Å². The predicted molar refractivity (Wildman–Crippen MR) is 63.0 cm³/mol. The third-order valence-corrected chi connectivity index (χ3v) is 2.50. The zero-order valence-electron chi connectivity index (χ0n) is 9.05. The molecule has 1 aromatic carbocycles. The van der Waals surface area contributed by atoms with Crippen LogP contribution in [0.15, 0.2) is 18.2 Å². The summed E-state index contributed by atoms with van der Waals surface area (Å²) in [4.78, 5) is 0. The number of benzene rings is 1. The highest BCUT2D eigenvalue weighted by atomic mass is 32.2. The van der Waals surface area contributed by atoms with Crippen LogP contribution in [0.5, 0.6) is 5.75 Å². The second kappa shape index (κ2) is 6.69. The fraction of sp³-hybridized carbons (Fsp3) is 0.455. The number of nitrogens with one attached hydrogen (secondary N) is 1. The van der Waals surface area contributed by atoms with Crippen LogP contribution in [0.25, 0.3) is 0 Å². The molecule has 0 bridgehead atoms. The van der Waals surface area contributed by atoms with Gasteiger partial charge in [-0.1, -0.05) is 6.07 Å². The van der Waals surface area contributed by atoms with Crippen molar-refractivity contribution in [3.05, 3.63) is 29.6 Å². The Morgan fingerprint density at radius 1 is 1.47 bits per heavy atom. The molecule has 0 aliphatic rings. The van der Waals surface area contributed by atoms with E-state index in [1.165, 1.54) is 6.07 Å². The van der Waals surface area contributed by atoms with Crippen molar-refractivity contribution in [1.82, 2.24) is 5.32 Å². The lowest BCUT2D eigenvalue weighted by molar-refractivity contribution is 0.324. The van der Waals surface area contributed by atoms with Gasteiger partial charge < -0.3 is 10.1 Å². The summed E-state index contributed by atoms with van der Waals surface area (Å²) in [6.07, 6.45) is 2.00. The van der Waals surface area contributed by atoms with Crippen molar-refractivity contribution in [3.63, 3.8) is 0 Å². The van der Waals surface area contributed by atoms with Crippen LogP contribution in [0.2, 0.25) is 0 Å². The Hall–Kier alpha value is -0.740. The molecule has 0 heterocycles. The first-order valence-corrected chi connectivity index (χ1v) is 6.22. The molecule has 2 nitrogen and oxygen atoms in total. The third-order valence-electron chi connectivity index (χ3n) is 1.92. The Kier molecular flexibility index (Phi) is 5.50. The van der Waals surface area contributed by atoms with Gasteiger partial charge in [0.05, 0.1) is 6.61 Å². The van der Waals surface area contributed by atoms with Gasteiger partial charge in [-0.3, -0.25) is 0 Å². The molecular formula is C11H16FNOS. The third kappa shape index (κ3) is 4.10. The van der Waals surface area contributed by atoms with E-state index in [0.717, 1.165) is 11.3 Å². The van der Waals surface area contributed by atoms with Gasteiger partial charge >= 0.3 is 0 Å². The Labute approximate surface area is 94.2 Å².